The number of hydrogen-bond acceptors (Lipinski definition) is 4. The summed E-state index contributed by atoms with van der Waals surface area (Å²) in [5, 5.41) is 5.08. The van der Waals surface area contributed by atoms with Gasteiger partial charge >= 0.3 is 0 Å². The molecule has 1 amide bonds. The molecule has 0 spiro atoms. The van der Waals surface area contributed by atoms with Gasteiger partial charge in [-0.3, -0.25) is 4.79 Å². The van der Waals surface area contributed by atoms with Crippen LogP contribution in [0.25, 0.3) is 0 Å². The predicted octanol–water partition coefficient (Wildman–Crippen LogP) is 1.49. The van der Waals surface area contributed by atoms with E-state index in [1.54, 1.807) is 0 Å². The Morgan fingerprint density at radius 1 is 1.65 bits per heavy atom. The molecule has 0 aliphatic carbocycles. The van der Waals surface area contributed by atoms with E-state index in [1.807, 2.05) is 23.4 Å². The van der Waals surface area contributed by atoms with Gasteiger partial charge in [-0.25, -0.2) is 0 Å². The molecule has 1 aliphatic rings. The monoisotopic (exact) mass is 253 g/mol. The van der Waals surface area contributed by atoms with Gasteiger partial charge in [-0.1, -0.05) is 6.92 Å². The van der Waals surface area contributed by atoms with E-state index in [4.69, 9.17) is 0 Å². The summed E-state index contributed by atoms with van der Waals surface area (Å²) >= 11 is 1.44. The van der Waals surface area contributed by atoms with Crippen LogP contribution in [0.15, 0.2) is 11.4 Å². The molecule has 0 bridgehead atoms. The molecule has 1 aromatic heterocycles. The molecule has 1 saturated heterocycles. The average molecular weight is 253 g/mol. The summed E-state index contributed by atoms with van der Waals surface area (Å²) in [5.74, 6) is 0.807. The van der Waals surface area contributed by atoms with Crippen LogP contribution in [0.1, 0.15) is 25.5 Å². The highest BCUT2D eigenvalue weighted by molar-refractivity contribution is 7.03. The highest BCUT2D eigenvalue weighted by Crippen LogP contribution is 2.19. The molecule has 5 heteroatoms. The first-order valence-electron chi connectivity index (χ1n) is 6.06. The van der Waals surface area contributed by atoms with Gasteiger partial charge in [0, 0.05) is 11.9 Å². The van der Waals surface area contributed by atoms with Crippen LogP contribution in [0.5, 0.6) is 0 Å². The number of likely N-dealkylation sites (N-methyl/N-ethyl adjacent to an activating group) is 1. The normalized spacial score (nSPS) is 26.0. The number of rotatable bonds is 3. The van der Waals surface area contributed by atoms with Crippen molar-refractivity contribution in [3.63, 3.8) is 0 Å². The first kappa shape index (κ1) is 12.5. The van der Waals surface area contributed by atoms with Crippen molar-refractivity contribution in [3.8, 4) is 0 Å². The van der Waals surface area contributed by atoms with Crippen molar-refractivity contribution in [2.24, 2.45) is 5.92 Å². The molecule has 4 nitrogen and oxygen atoms in total. The number of carbonyl (C=O) groups excluding carboxylic acids is 1. The van der Waals surface area contributed by atoms with E-state index in [1.165, 1.54) is 11.5 Å². The summed E-state index contributed by atoms with van der Waals surface area (Å²) in [5.41, 5.74) is 0.993. The fourth-order valence-electron chi connectivity index (χ4n) is 2.24. The fourth-order valence-corrected chi connectivity index (χ4v) is 2.77. The molecule has 17 heavy (non-hydrogen) atoms. The smallest absolute Gasteiger partial charge is 0.240 e. The summed E-state index contributed by atoms with van der Waals surface area (Å²) in [4.78, 5) is 14.2. The lowest BCUT2D eigenvalue weighted by atomic mass is 10.0. The lowest BCUT2D eigenvalue weighted by Gasteiger charge is -2.23. The maximum absolute atomic E-state index is 12.3. The first-order valence-corrected chi connectivity index (χ1v) is 6.89. The van der Waals surface area contributed by atoms with Crippen LogP contribution >= 0.6 is 11.5 Å². The topological polar surface area (TPSA) is 45.2 Å². The lowest BCUT2D eigenvalue weighted by molar-refractivity contribution is -0.133. The summed E-state index contributed by atoms with van der Waals surface area (Å²) in [6.45, 7) is 3.70. The van der Waals surface area contributed by atoms with Crippen LogP contribution in [-0.4, -0.2) is 34.8 Å². The Bertz CT molecular complexity index is 366. The zero-order valence-electron chi connectivity index (χ0n) is 10.3. The van der Waals surface area contributed by atoms with Gasteiger partial charge in [-0.15, -0.1) is 0 Å². The molecule has 0 aromatic carbocycles. The van der Waals surface area contributed by atoms with Crippen molar-refractivity contribution >= 4 is 17.4 Å². The lowest BCUT2D eigenvalue weighted by Crippen LogP contribution is -2.43. The van der Waals surface area contributed by atoms with Gasteiger partial charge in [0.05, 0.1) is 18.3 Å². The molecule has 2 heterocycles. The minimum absolute atomic E-state index is 0.0360. The number of hydrogen-bond donors (Lipinski definition) is 1. The molecular weight excluding hydrogens is 234 g/mol. The zero-order chi connectivity index (χ0) is 12.3. The van der Waals surface area contributed by atoms with E-state index >= 15 is 0 Å². The van der Waals surface area contributed by atoms with Gasteiger partial charge in [0.15, 0.2) is 0 Å². The summed E-state index contributed by atoms with van der Waals surface area (Å²) in [6, 6.07) is 1.95. The molecule has 1 fully saturated rings. The second-order valence-corrected chi connectivity index (χ2v) is 5.39. The molecule has 2 rings (SSSR count). The Morgan fingerprint density at radius 2 is 2.47 bits per heavy atom. The van der Waals surface area contributed by atoms with Crippen molar-refractivity contribution < 1.29 is 4.79 Å². The minimum atomic E-state index is -0.0360. The fraction of sp³-hybridized carbons (Fsp3) is 0.667. The Hall–Kier alpha value is -0.940. The van der Waals surface area contributed by atoms with E-state index < -0.39 is 0 Å². The van der Waals surface area contributed by atoms with Crippen LogP contribution in [0.4, 0.5) is 0 Å². The Kier molecular flexibility index (Phi) is 4.12. The number of carbonyl (C=O) groups is 1. The molecule has 2 atom stereocenters. The summed E-state index contributed by atoms with van der Waals surface area (Å²) < 4.78 is 4.27. The molecule has 1 aliphatic heterocycles. The third kappa shape index (κ3) is 3.04. The first-order chi connectivity index (χ1) is 8.20. The van der Waals surface area contributed by atoms with E-state index in [0.717, 1.165) is 25.1 Å². The van der Waals surface area contributed by atoms with E-state index in [2.05, 4.69) is 16.6 Å². The SMILES string of the molecule is CNC1CC(C)CCN(Cc2ccsn2)C1=O. The average Bonchev–Trinajstić information content (AvgIpc) is 2.78. The van der Waals surface area contributed by atoms with Gasteiger partial charge in [0.25, 0.3) is 0 Å². The van der Waals surface area contributed by atoms with Crippen molar-refractivity contribution in [1.29, 1.82) is 0 Å². The minimum Gasteiger partial charge on any atom is -0.335 e. The number of amides is 1. The second-order valence-electron chi connectivity index (χ2n) is 4.72. The Morgan fingerprint density at radius 3 is 3.12 bits per heavy atom. The van der Waals surface area contributed by atoms with Crippen LogP contribution in [0.3, 0.4) is 0 Å². The maximum atomic E-state index is 12.3. The van der Waals surface area contributed by atoms with E-state index in [-0.39, 0.29) is 11.9 Å². The van der Waals surface area contributed by atoms with Gasteiger partial charge in [0.2, 0.25) is 5.91 Å². The van der Waals surface area contributed by atoms with Crippen LogP contribution < -0.4 is 5.32 Å². The highest BCUT2D eigenvalue weighted by atomic mass is 32.1. The molecule has 0 saturated carbocycles. The van der Waals surface area contributed by atoms with Crippen molar-refractivity contribution in [2.45, 2.75) is 32.4 Å². The number of aromatic nitrogens is 1. The largest absolute Gasteiger partial charge is 0.335 e. The molecule has 94 valence electrons. The predicted molar refractivity (Wildman–Crippen MR) is 68.8 cm³/mol. The molecule has 2 unspecified atom stereocenters. The highest BCUT2D eigenvalue weighted by Gasteiger charge is 2.28. The van der Waals surface area contributed by atoms with Crippen molar-refractivity contribution in [1.82, 2.24) is 14.6 Å². The summed E-state index contributed by atoms with van der Waals surface area (Å²) in [6.07, 6.45) is 2.01. The van der Waals surface area contributed by atoms with Gasteiger partial charge in [-0.05, 0) is 43.4 Å². The second kappa shape index (κ2) is 5.60. The quantitative estimate of drug-likeness (QED) is 0.887. The standard InChI is InChI=1S/C12H19N3OS/c1-9-3-5-15(8-10-4-6-17-14-10)12(16)11(7-9)13-2/h4,6,9,11,13H,3,5,7-8H2,1-2H3. The molecule has 1 N–H and O–H groups in total. The third-order valence-corrected chi connectivity index (χ3v) is 3.93. The number of nitrogens with zero attached hydrogens (tertiary/aromatic N) is 2. The van der Waals surface area contributed by atoms with Gasteiger partial charge < -0.3 is 10.2 Å². The third-order valence-electron chi connectivity index (χ3n) is 3.33. The van der Waals surface area contributed by atoms with E-state index in [9.17, 15) is 4.79 Å². The Balaban J connectivity index is 2.07. The molecular formula is C12H19N3OS. The summed E-state index contributed by atoms with van der Waals surface area (Å²) in [7, 11) is 1.86. The maximum Gasteiger partial charge on any atom is 0.240 e. The van der Waals surface area contributed by atoms with Crippen molar-refractivity contribution in [3.05, 3.63) is 17.1 Å². The zero-order valence-corrected chi connectivity index (χ0v) is 11.2. The Labute approximate surface area is 106 Å². The van der Waals surface area contributed by atoms with Gasteiger partial charge in [-0.2, -0.15) is 4.37 Å². The van der Waals surface area contributed by atoms with Crippen LogP contribution in [0, 0.1) is 5.92 Å². The van der Waals surface area contributed by atoms with Crippen LogP contribution in [-0.2, 0) is 11.3 Å². The van der Waals surface area contributed by atoms with Crippen molar-refractivity contribution in [2.75, 3.05) is 13.6 Å². The molecule has 0 radical (unpaired) electrons. The molecule has 1 aromatic rings. The number of likely N-dealkylation sites (tertiary alicyclic amines) is 1. The van der Waals surface area contributed by atoms with E-state index in [0.29, 0.717) is 12.5 Å². The number of nitrogens with one attached hydrogen (secondary N) is 1. The van der Waals surface area contributed by atoms with Gasteiger partial charge in [0.1, 0.15) is 0 Å². The van der Waals surface area contributed by atoms with Crippen LogP contribution in [0.2, 0.25) is 0 Å².